The number of carbonyl (C=O) groups is 4. The van der Waals surface area contributed by atoms with Crippen LogP contribution in [0, 0.1) is 47.3 Å². The summed E-state index contributed by atoms with van der Waals surface area (Å²) in [5.41, 5.74) is 1.77. The molecule has 4 fully saturated rings. The Morgan fingerprint density at radius 3 is 1.09 bits per heavy atom. The van der Waals surface area contributed by atoms with Gasteiger partial charge in [-0.2, -0.15) is 0 Å². The zero-order chi connectivity index (χ0) is 21.7. The van der Waals surface area contributed by atoms with Gasteiger partial charge in [0.1, 0.15) is 0 Å². The molecule has 6 aliphatic rings. The van der Waals surface area contributed by atoms with Gasteiger partial charge in [-0.15, -0.1) is 0 Å². The second kappa shape index (κ2) is 6.27. The van der Waals surface area contributed by atoms with E-state index in [1.165, 1.54) is 9.80 Å². The van der Waals surface area contributed by atoms with E-state index < -0.39 is 0 Å². The normalized spacial score (nSPS) is 40.4. The van der Waals surface area contributed by atoms with Crippen molar-refractivity contribution in [1.82, 2.24) is 9.80 Å². The first-order chi connectivity index (χ1) is 15.5. The molecular weight excluding hydrogens is 404 g/mol. The second-order valence-electron chi connectivity index (χ2n) is 10.3. The van der Waals surface area contributed by atoms with Gasteiger partial charge < -0.3 is 0 Å². The van der Waals surface area contributed by atoms with Crippen LogP contribution in [-0.4, -0.2) is 33.4 Å². The van der Waals surface area contributed by atoms with Crippen LogP contribution in [0.15, 0.2) is 48.6 Å². The Morgan fingerprint density at radius 1 is 0.531 bits per heavy atom. The van der Waals surface area contributed by atoms with Crippen LogP contribution in [0.1, 0.15) is 24.0 Å². The van der Waals surface area contributed by atoms with E-state index >= 15 is 0 Å². The second-order valence-corrected chi connectivity index (χ2v) is 10.3. The number of nitrogens with zero attached hydrogens (tertiary/aromatic N) is 2. The molecular formula is C26H24N2O4. The van der Waals surface area contributed by atoms with Crippen LogP contribution >= 0.6 is 0 Å². The topological polar surface area (TPSA) is 74.8 Å². The van der Waals surface area contributed by atoms with Gasteiger partial charge in [0, 0.05) is 0 Å². The monoisotopic (exact) mass is 428 g/mol. The summed E-state index contributed by atoms with van der Waals surface area (Å²) in [4.78, 5) is 54.4. The van der Waals surface area contributed by atoms with E-state index in [0.717, 1.165) is 24.0 Å². The molecule has 0 spiro atoms. The molecule has 0 unspecified atom stereocenters. The largest absolute Gasteiger partial charge is 0.278 e. The number of carbonyl (C=O) groups excluding carboxylic acids is 4. The smallest absolute Gasteiger partial charge is 0.234 e. The lowest BCUT2D eigenvalue weighted by Crippen LogP contribution is -2.33. The van der Waals surface area contributed by atoms with E-state index in [4.69, 9.17) is 0 Å². The van der Waals surface area contributed by atoms with Gasteiger partial charge in [-0.1, -0.05) is 48.6 Å². The van der Waals surface area contributed by atoms with Crippen LogP contribution in [0.25, 0.3) is 0 Å². The molecule has 0 N–H and O–H groups in total. The lowest BCUT2D eigenvalue weighted by Gasteiger charge is -2.19. The molecule has 1 aromatic carbocycles. The molecule has 6 nitrogen and oxygen atoms in total. The summed E-state index contributed by atoms with van der Waals surface area (Å²) >= 11 is 0. The van der Waals surface area contributed by atoms with Crippen molar-refractivity contribution in [3.05, 3.63) is 59.7 Å². The minimum absolute atomic E-state index is 0.0380. The number of hydrogen-bond acceptors (Lipinski definition) is 4. The molecule has 2 aliphatic heterocycles. The summed E-state index contributed by atoms with van der Waals surface area (Å²) < 4.78 is 0. The van der Waals surface area contributed by atoms with Gasteiger partial charge in [-0.05, 0) is 47.6 Å². The Labute approximate surface area is 185 Å². The fraction of sp³-hybridized carbons (Fsp3) is 0.462. The van der Waals surface area contributed by atoms with Crippen molar-refractivity contribution < 1.29 is 19.2 Å². The zero-order valence-electron chi connectivity index (χ0n) is 17.6. The van der Waals surface area contributed by atoms with Gasteiger partial charge in [0.25, 0.3) is 0 Å². The summed E-state index contributed by atoms with van der Waals surface area (Å²) in [6.07, 6.45) is 10.3. The van der Waals surface area contributed by atoms with Crippen molar-refractivity contribution in [3.63, 3.8) is 0 Å². The molecule has 2 saturated heterocycles. The highest BCUT2D eigenvalue weighted by atomic mass is 16.2. The van der Waals surface area contributed by atoms with Crippen molar-refractivity contribution in [2.75, 3.05) is 0 Å². The molecule has 0 aromatic heterocycles. The third-order valence-electron chi connectivity index (χ3n) is 8.83. The molecule has 7 rings (SSSR count). The van der Waals surface area contributed by atoms with Crippen molar-refractivity contribution in [1.29, 1.82) is 0 Å². The number of rotatable bonds is 4. The van der Waals surface area contributed by atoms with E-state index in [2.05, 4.69) is 24.3 Å². The van der Waals surface area contributed by atoms with E-state index in [0.29, 0.717) is 0 Å². The molecule has 4 aliphatic carbocycles. The number of fused-ring (bicyclic) bond motifs is 10. The minimum Gasteiger partial charge on any atom is -0.278 e. The maximum absolute atomic E-state index is 12.9. The number of amides is 4. The Bertz CT molecular complexity index is 986. The highest BCUT2D eigenvalue weighted by molar-refractivity contribution is 6.07. The number of likely N-dealkylation sites (tertiary alicyclic amines) is 2. The lowest BCUT2D eigenvalue weighted by molar-refractivity contribution is -0.143. The molecule has 8 atom stereocenters. The minimum atomic E-state index is -0.173. The maximum atomic E-state index is 12.9. The molecule has 1 aromatic rings. The number of allylic oxidation sites excluding steroid dienone is 4. The standard InChI is InChI=1S/C26H24N2O4/c29-23-19-15-5-6-16(9-15)20(19)24(30)27(23)11-13-1-2-14(4-3-13)12-28-25(31)21-17-7-8-18(10-17)22(21)26(28)32/h1-8,15-22H,9-12H2/t15-,16-,17-,18-,19-,20-,21-,22+/m0/s1. The Morgan fingerprint density at radius 2 is 0.812 bits per heavy atom. The van der Waals surface area contributed by atoms with Crippen LogP contribution in [0.5, 0.6) is 0 Å². The summed E-state index contributed by atoms with van der Waals surface area (Å²) in [7, 11) is 0. The number of benzene rings is 1. The molecule has 6 heteroatoms. The van der Waals surface area contributed by atoms with Gasteiger partial charge in [0.05, 0.1) is 36.8 Å². The van der Waals surface area contributed by atoms with Crippen molar-refractivity contribution in [3.8, 4) is 0 Å². The first kappa shape index (κ1) is 18.5. The van der Waals surface area contributed by atoms with Crippen molar-refractivity contribution in [2.24, 2.45) is 47.3 Å². The van der Waals surface area contributed by atoms with Gasteiger partial charge in [-0.25, -0.2) is 0 Å². The predicted molar refractivity (Wildman–Crippen MR) is 113 cm³/mol. The summed E-state index contributed by atoms with van der Waals surface area (Å²) in [6, 6.07) is 7.59. The van der Waals surface area contributed by atoms with E-state index in [9.17, 15) is 19.2 Å². The van der Waals surface area contributed by atoms with Gasteiger partial charge in [-0.3, -0.25) is 29.0 Å². The quantitative estimate of drug-likeness (QED) is 0.545. The van der Waals surface area contributed by atoms with E-state index in [-0.39, 0.29) is 84.1 Å². The average Bonchev–Trinajstić information content (AvgIpc) is 3.62. The summed E-state index contributed by atoms with van der Waals surface area (Å²) in [5.74, 6) is 0.0239. The molecule has 2 heterocycles. The van der Waals surface area contributed by atoms with E-state index in [1.54, 1.807) is 0 Å². The van der Waals surface area contributed by atoms with Crippen LogP contribution in [0.4, 0.5) is 0 Å². The Balaban J connectivity index is 1.05. The lowest BCUT2D eigenvalue weighted by atomic mass is 9.85. The van der Waals surface area contributed by atoms with Crippen molar-refractivity contribution >= 4 is 23.6 Å². The Kier molecular flexibility index (Phi) is 3.63. The summed E-state index contributed by atoms with van der Waals surface area (Å²) in [5, 5.41) is 0. The third kappa shape index (κ3) is 2.30. The fourth-order valence-electron chi connectivity index (χ4n) is 7.36. The van der Waals surface area contributed by atoms with Crippen LogP contribution in [0.2, 0.25) is 0 Å². The van der Waals surface area contributed by atoms with Gasteiger partial charge in [0.2, 0.25) is 23.6 Å². The fourth-order valence-corrected chi connectivity index (χ4v) is 7.36. The highest BCUT2D eigenvalue weighted by Crippen LogP contribution is 2.53. The predicted octanol–water partition coefficient (Wildman–Crippen LogP) is 2.30. The molecule has 4 amide bonds. The molecule has 4 bridgehead atoms. The first-order valence-electron chi connectivity index (χ1n) is 11.7. The van der Waals surface area contributed by atoms with Crippen LogP contribution < -0.4 is 0 Å². The van der Waals surface area contributed by atoms with E-state index in [1.807, 2.05) is 24.3 Å². The maximum Gasteiger partial charge on any atom is 0.234 e. The zero-order valence-corrected chi connectivity index (χ0v) is 17.6. The third-order valence-corrected chi connectivity index (χ3v) is 8.83. The average molecular weight is 428 g/mol. The molecule has 32 heavy (non-hydrogen) atoms. The molecule has 0 radical (unpaired) electrons. The number of imide groups is 2. The molecule has 162 valence electrons. The summed E-state index contributed by atoms with van der Waals surface area (Å²) in [6.45, 7) is 0.566. The van der Waals surface area contributed by atoms with Gasteiger partial charge >= 0.3 is 0 Å². The van der Waals surface area contributed by atoms with Crippen LogP contribution in [-0.2, 0) is 32.3 Å². The van der Waals surface area contributed by atoms with Gasteiger partial charge in [0.15, 0.2) is 0 Å². The highest BCUT2D eigenvalue weighted by Gasteiger charge is 2.60. The Hall–Kier alpha value is -3.02. The van der Waals surface area contributed by atoms with Crippen LogP contribution in [0.3, 0.4) is 0 Å². The number of hydrogen-bond donors (Lipinski definition) is 0. The first-order valence-corrected chi connectivity index (χ1v) is 11.7. The SMILES string of the molecule is O=C1[C@@H]2[C@@H](C(=O)N1Cc1ccc(CN3C(=O)[C@@H]4[C@H](C3=O)[C@H]3C=C[C@H]4C3)cc1)[C@H]1C=C[C@H]2C1. The van der Waals surface area contributed by atoms with Crippen molar-refractivity contribution in [2.45, 2.75) is 25.9 Å². The molecule has 2 saturated carbocycles.